The number of aromatic amines is 1. The fourth-order valence-corrected chi connectivity index (χ4v) is 3.38. The van der Waals surface area contributed by atoms with Crippen molar-refractivity contribution in [3.8, 4) is 0 Å². The Morgan fingerprint density at radius 1 is 1.19 bits per heavy atom. The molecule has 3 aromatic rings. The lowest BCUT2D eigenvalue weighted by Crippen LogP contribution is -2.36. The number of aryl methyl sites for hydroxylation is 1. The molecule has 1 aliphatic rings. The van der Waals surface area contributed by atoms with Gasteiger partial charge >= 0.3 is 0 Å². The molecule has 26 heavy (non-hydrogen) atoms. The normalized spacial score (nSPS) is 14.6. The van der Waals surface area contributed by atoms with Crippen LogP contribution in [0.1, 0.15) is 16.1 Å². The molecule has 1 amide bonds. The Labute approximate surface area is 150 Å². The standard InChI is InChI=1S/C20H20FN3O2/c1-13-15-7-6-14(21)12-17(15)22-19(13)20(25)23-16-4-2-3-5-18(16)24-8-10-26-11-9-24/h2-7,12,22H,8-11H2,1H3,(H,23,25). The molecule has 2 heterocycles. The van der Waals surface area contributed by atoms with Crippen LogP contribution in [0.15, 0.2) is 42.5 Å². The molecular weight excluding hydrogens is 333 g/mol. The van der Waals surface area contributed by atoms with Gasteiger partial charge in [-0.05, 0) is 42.8 Å². The van der Waals surface area contributed by atoms with E-state index in [1.165, 1.54) is 12.1 Å². The number of amides is 1. The van der Waals surface area contributed by atoms with E-state index in [9.17, 15) is 9.18 Å². The molecule has 1 aliphatic heterocycles. The Hall–Kier alpha value is -2.86. The molecule has 0 unspecified atom stereocenters. The first-order valence-corrected chi connectivity index (χ1v) is 8.64. The lowest BCUT2D eigenvalue weighted by molar-refractivity contribution is 0.102. The highest BCUT2D eigenvalue weighted by Crippen LogP contribution is 2.28. The number of H-pyrrole nitrogens is 1. The number of ether oxygens (including phenoxy) is 1. The minimum Gasteiger partial charge on any atom is -0.378 e. The Balaban J connectivity index is 1.64. The summed E-state index contributed by atoms with van der Waals surface area (Å²) >= 11 is 0. The number of rotatable bonds is 3. The number of aromatic nitrogens is 1. The molecule has 5 nitrogen and oxygen atoms in total. The molecule has 2 N–H and O–H groups in total. The molecule has 0 atom stereocenters. The third kappa shape index (κ3) is 3.04. The zero-order chi connectivity index (χ0) is 18.1. The Kier molecular flexibility index (Phi) is 4.34. The highest BCUT2D eigenvalue weighted by molar-refractivity contribution is 6.09. The maximum Gasteiger partial charge on any atom is 0.272 e. The molecule has 1 saturated heterocycles. The second-order valence-corrected chi connectivity index (χ2v) is 6.39. The van der Waals surface area contributed by atoms with Gasteiger partial charge in [0.2, 0.25) is 0 Å². The Bertz CT molecular complexity index is 961. The maximum atomic E-state index is 13.4. The monoisotopic (exact) mass is 353 g/mol. The van der Waals surface area contributed by atoms with Crippen molar-refractivity contribution in [2.24, 2.45) is 0 Å². The van der Waals surface area contributed by atoms with Crippen molar-refractivity contribution in [2.45, 2.75) is 6.92 Å². The summed E-state index contributed by atoms with van der Waals surface area (Å²) in [5.74, 6) is -0.566. The summed E-state index contributed by atoms with van der Waals surface area (Å²) in [6.45, 7) is 4.79. The fraction of sp³-hybridized carbons (Fsp3) is 0.250. The molecule has 0 aliphatic carbocycles. The van der Waals surface area contributed by atoms with Gasteiger partial charge in [0.25, 0.3) is 5.91 Å². The Morgan fingerprint density at radius 3 is 2.77 bits per heavy atom. The Morgan fingerprint density at radius 2 is 1.96 bits per heavy atom. The van der Waals surface area contributed by atoms with E-state index in [-0.39, 0.29) is 11.7 Å². The quantitative estimate of drug-likeness (QED) is 0.755. The van der Waals surface area contributed by atoms with E-state index in [1.807, 2.05) is 31.2 Å². The maximum absolute atomic E-state index is 13.4. The van der Waals surface area contributed by atoms with E-state index in [0.29, 0.717) is 24.4 Å². The molecule has 1 aromatic heterocycles. The largest absolute Gasteiger partial charge is 0.378 e. The second-order valence-electron chi connectivity index (χ2n) is 6.39. The number of halogens is 1. The van der Waals surface area contributed by atoms with Crippen LogP contribution in [0.25, 0.3) is 10.9 Å². The summed E-state index contributed by atoms with van der Waals surface area (Å²) in [7, 11) is 0. The molecule has 1 fully saturated rings. The van der Waals surface area contributed by atoms with Crippen LogP contribution in [0, 0.1) is 12.7 Å². The van der Waals surface area contributed by atoms with Crippen LogP contribution in [0.4, 0.5) is 15.8 Å². The van der Waals surface area contributed by atoms with Crippen LogP contribution in [0.3, 0.4) is 0 Å². The number of anilines is 2. The van der Waals surface area contributed by atoms with Crippen LogP contribution in [-0.4, -0.2) is 37.2 Å². The van der Waals surface area contributed by atoms with Gasteiger partial charge in [-0.1, -0.05) is 12.1 Å². The average Bonchev–Trinajstić information content (AvgIpc) is 2.99. The topological polar surface area (TPSA) is 57.4 Å². The van der Waals surface area contributed by atoms with Crippen LogP contribution in [0.5, 0.6) is 0 Å². The van der Waals surface area contributed by atoms with Gasteiger partial charge < -0.3 is 19.9 Å². The third-order valence-electron chi connectivity index (χ3n) is 4.75. The van der Waals surface area contributed by atoms with Crippen molar-refractivity contribution < 1.29 is 13.9 Å². The van der Waals surface area contributed by atoms with Gasteiger partial charge in [-0.25, -0.2) is 4.39 Å². The first-order chi connectivity index (χ1) is 12.6. The van der Waals surface area contributed by atoms with Gasteiger partial charge in [0, 0.05) is 24.0 Å². The predicted octanol–water partition coefficient (Wildman–Crippen LogP) is 3.70. The van der Waals surface area contributed by atoms with Gasteiger partial charge in [0.15, 0.2) is 0 Å². The van der Waals surface area contributed by atoms with E-state index in [2.05, 4.69) is 15.2 Å². The highest BCUT2D eigenvalue weighted by atomic mass is 19.1. The number of carbonyl (C=O) groups excluding carboxylic acids is 1. The SMILES string of the molecule is Cc1c(C(=O)Nc2ccccc2N2CCOCC2)[nH]c2cc(F)ccc12. The smallest absolute Gasteiger partial charge is 0.272 e. The fourth-order valence-electron chi connectivity index (χ4n) is 3.38. The molecule has 4 rings (SSSR count). The molecule has 2 aromatic carbocycles. The lowest BCUT2D eigenvalue weighted by atomic mass is 10.1. The summed E-state index contributed by atoms with van der Waals surface area (Å²) < 4.78 is 18.9. The zero-order valence-electron chi connectivity index (χ0n) is 14.5. The predicted molar refractivity (Wildman–Crippen MR) is 100 cm³/mol. The number of carbonyl (C=O) groups is 1. The summed E-state index contributed by atoms with van der Waals surface area (Å²) in [4.78, 5) is 18.1. The van der Waals surface area contributed by atoms with Crippen molar-refractivity contribution in [1.29, 1.82) is 0 Å². The number of fused-ring (bicyclic) bond motifs is 1. The van der Waals surface area contributed by atoms with E-state index < -0.39 is 0 Å². The van der Waals surface area contributed by atoms with E-state index >= 15 is 0 Å². The van der Waals surface area contributed by atoms with Crippen LogP contribution >= 0.6 is 0 Å². The van der Waals surface area contributed by atoms with E-state index in [0.717, 1.165) is 35.4 Å². The van der Waals surface area contributed by atoms with Crippen LogP contribution in [0.2, 0.25) is 0 Å². The summed E-state index contributed by atoms with van der Waals surface area (Å²) in [6.07, 6.45) is 0. The molecule has 0 saturated carbocycles. The highest BCUT2D eigenvalue weighted by Gasteiger charge is 2.19. The number of para-hydroxylation sites is 2. The molecule has 0 radical (unpaired) electrons. The van der Waals surface area contributed by atoms with Crippen molar-refractivity contribution in [3.05, 3.63) is 59.5 Å². The first kappa shape index (κ1) is 16.6. The lowest BCUT2D eigenvalue weighted by Gasteiger charge is -2.30. The van der Waals surface area contributed by atoms with Crippen molar-refractivity contribution >= 4 is 28.2 Å². The summed E-state index contributed by atoms with van der Waals surface area (Å²) in [6, 6.07) is 12.2. The van der Waals surface area contributed by atoms with Crippen molar-refractivity contribution in [2.75, 3.05) is 36.5 Å². The summed E-state index contributed by atoms with van der Waals surface area (Å²) in [5.41, 5.74) is 3.60. The third-order valence-corrected chi connectivity index (χ3v) is 4.75. The van der Waals surface area contributed by atoms with Gasteiger partial charge in [-0.15, -0.1) is 0 Å². The molecule has 134 valence electrons. The molecular formula is C20H20FN3O2. The molecule has 6 heteroatoms. The zero-order valence-corrected chi connectivity index (χ0v) is 14.5. The van der Waals surface area contributed by atoms with Gasteiger partial charge in [0.05, 0.1) is 24.6 Å². The first-order valence-electron chi connectivity index (χ1n) is 8.64. The number of morpholine rings is 1. The molecule has 0 bridgehead atoms. The number of hydrogen-bond acceptors (Lipinski definition) is 3. The van der Waals surface area contributed by atoms with E-state index in [1.54, 1.807) is 6.07 Å². The van der Waals surface area contributed by atoms with Crippen LogP contribution < -0.4 is 10.2 Å². The van der Waals surface area contributed by atoms with Crippen molar-refractivity contribution in [3.63, 3.8) is 0 Å². The van der Waals surface area contributed by atoms with Gasteiger partial charge in [-0.2, -0.15) is 0 Å². The minimum atomic E-state index is -0.330. The second kappa shape index (κ2) is 6.80. The van der Waals surface area contributed by atoms with E-state index in [4.69, 9.17) is 4.74 Å². The summed E-state index contributed by atoms with van der Waals surface area (Å²) in [5, 5.41) is 3.84. The average molecular weight is 353 g/mol. The number of benzene rings is 2. The van der Waals surface area contributed by atoms with Gasteiger partial charge in [0.1, 0.15) is 11.5 Å². The molecule has 0 spiro atoms. The van der Waals surface area contributed by atoms with Crippen LogP contribution in [-0.2, 0) is 4.74 Å². The number of nitrogens with zero attached hydrogens (tertiary/aromatic N) is 1. The number of nitrogens with one attached hydrogen (secondary N) is 2. The number of hydrogen-bond donors (Lipinski definition) is 2. The minimum absolute atomic E-state index is 0.236. The van der Waals surface area contributed by atoms with Crippen molar-refractivity contribution in [1.82, 2.24) is 4.98 Å². The van der Waals surface area contributed by atoms with Gasteiger partial charge in [-0.3, -0.25) is 4.79 Å².